The van der Waals surface area contributed by atoms with Crippen LogP contribution in [0, 0.1) is 17.1 Å². The van der Waals surface area contributed by atoms with Crippen LogP contribution >= 0.6 is 0 Å². The lowest BCUT2D eigenvalue weighted by atomic mass is 10.00. The zero-order valence-corrected chi connectivity index (χ0v) is 21.0. The van der Waals surface area contributed by atoms with Gasteiger partial charge in [0.2, 0.25) is 5.56 Å². The fraction of sp³-hybridized carbons (Fsp3) is 0.333. The molecule has 5 rings (SSSR count). The largest absolute Gasteiger partial charge is 0.418 e. The minimum atomic E-state index is -4.86. The number of amides is 2. The highest BCUT2D eigenvalue weighted by atomic mass is 19.4. The molecule has 2 aromatic carbocycles. The summed E-state index contributed by atoms with van der Waals surface area (Å²) in [7, 11) is 0. The zero-order chi connectivity index (χ0) is 28.6. The summed E-state index contributed by atoms with van der Waals surface area (Å²) in [5.74, 6) is -2.05. The van der Waals surface area contributed by atoms with Crippen molar-refractivity contribution in [2.24, 2.45) is 0 Å². The van der Waals surface area contributed by atoms with E-state index in [1.165, 1.54) is 21.9 Å². The molecule has 3 heterocycles. The Labute approximate surface area is 224 Å². The number of rotatable bonds is 4. The average Bonchev–Trinajstić information content (AvgIpc) is 3.40. The van der Waals surface area contributed by atoms with E-state index in [1.807, 2.05) is 0 Å². The van der Waals surface area contributed by atoms with E-state index in [0.29, 0.717) is 6.07 Å². The zero-order valence-electron chi connectivity index (χ0n) is 21.0. The second-order valence-electron chi connectivity index (χ2n) is 9.55. The number of anilines is 1. The van der Waals surface area contributed by atoms with Crippen molar-refractivity contribution in [1.82, 2.24) is 15.2 Å². The van der Waals surface area contributed by atoms with Gasteiger partial charge in [-0.3, -0.25) is 14.4 Å². The molecule has 9 nitrogen and oxygen atoms in total. The number of fused-ring (bicyclic) bond motifs is 1. The Balaban J connectivity index is 1.47. The molecule has 2 saturated heterocycles. The Morgan fingerprint density at radius 1 is 1.10 bits per heavy atom. The van der Waals surface area contributed by atoms with Gasteiger partial charge in [-0.1, -0.05) is 12.1 Å². The van der Waals surface area contributed by atoms with Crippen LogP contribution in [0.5, 0.6) is 0 Å². The van der Waals surface area contributed by atoms with Gasteiger partial charge in [0.05, 0.1) is 52.7 Å². The second kappa shape index (κ2) is 10.6. The molecule has 1 atom stereocenters. The second-order valence-corrected chi connectivity index (χ2v) is 9.55. The lowest BCUT2D eigenvalue weighted by Crippen LogP contribution is -2.42. The number of ether oxygens (including phenoxy) is 1. The molecule has 0 aliphatic carbocycles. The summed E-state index contributed by atoms with van der Waals surface area (Å²) in [5.41, 5.74) is -2.92. The van der Waals surface area contributed by atoms with Crippen LogP contribution in [0.25, 0.3) is 10.9 Å². The number of hydrogen-bond donors (Lipinski definition) is 2. The Hall–Kier alpha value is -4.44. The molecule has 2 N–H and O–H groups in total. The smallest absolute Gasteiger partial charge is 0.378 e. The standard InChI is InChI=1S/C27H23F4N5O4/c28-21-3-1-2-17-18(12-22(37)34-23(17)21)25(38)33-16-4-5-36(14-16)24-19(26(39)35-6-8-40-9-7-35)10-15(13-32)11-20(24)27(29,30)31/h1-3,10-12,16H,4-9,14H2,(H,33,38)(H,34,37)/t16-/m1/s1. The monoisotopic (exact) mass is 557 g/mol. The molecule has 2 fully saturated rings. The number of carbonyl (C=O) groups excluding carboxylic acids is 2. The van der Waals surface area contributed by atoms with Gasteiger partial charge in [0, 0.05) is 43.7 Å². The number of aromatic amines is 1. The van der Waals surface area contributed by atoms with Crippen molar-refractivity contribution in [3.63, 3.8) is 0 Å². The maximum absolute atomic E-state index is 14.2. The van der Waals surface area contributed by atoms with Crippen LogP contribution in [-0.4, -0.2) is 67.1 Å². The predicted molar refractivity (Wildman–Crippen MR) is 135 cm³/mol. The van der Waals surface area contributed by atoms with Crippen LogP contribution in [0.15, 0.2) is 41.2 Å². The Kier molecular flexibility index (Phi) is 7.20. The fourth-order valence-electron chi connectivity index (χ4n) is 5.13. The minimum absolute atomic E-state index is 0.0698. The highest BCUT2D eigenvalue weighted by molar-refractivity contribution is 6.06. The normalized spacial score (nSPS) is 17.6. The highest BCUT2D eigenvalue weighted by Gasteiger charge is 2.40. The molecule has 0 bridgehead atoms. The summed E-state index contributed by atoms with van der Waals surface area (Å²) in [5, 5.41) is 12.3. The van der Waals surface area contributed by atoms with E-state index in [2.05, 4.69) is 10.3 Å². The summed E-state index contributed by atoms with van der Waals surface area (Å²) in [6.07, 6.45) is -4.62. The number of benzene rings is 2. The molecule has 0 spiro atoms. The van der Waals surface area contributed by atoms with Gasteiger partial charge in [-0.2, -0.15) is 18.4 Å². The maximum atomic E-state index is 14.2. The van der Waals surface area contributed by atoms with E-state index in [-0.39, 0.29) is 79.1 Å². The lowest BCUT2D eigenvalue weighted by Gasteiger charge is -2.31. The van der Waals surface area contributed by atoms with Crippen molar-refractivity contribution >= 4 is 28.4 Å². The Morgan fingerprint density at radius 2 is 1.85 bits per heavy atom. The average molecular weight is 558 g/mol. The van der Waals surface area contributed by atoms with E-state index >= 15 is 0 Å². The summed E-state index contributed by atoms with van der Waals surface area (Å²) in [6.45, 7) is 0.876. The van der Waals surface area contributed by atoms with Crippen molar-refractivity contribution in [2.75, 3.05) is 44.3 Å². The lowest BCUT2D eigenvalue weighted by molar-refractivity contribution is -0.137. The quantitative estimate of drug-likeness (QED) is 0.477. The molecule has 2 aliphatic rings. The van der Waals surface area contributed by atoms with Crippen molar-refractivity contribution < 1.29 is 31.9 Å². The molecule has 2 amide bonds. The summed E-state index contributed by atoms with van der Waals surface area (Å²) in [4.78, 5) is 43.7. The number of hydrogen-bond acceptors (Lipinski definition) is 6. The Morgan fingerprint density at radius 3 is 2.55 bits per heavy atom. The van der Waals surface area contributed by atoms with E-state index in [0.717, 1.165) is 18.2 Å². The van der Waals surface area contributed by atoms with Crippen LogP contribution in [0.1, 0.15) is 38.3 Å². The number of pyridine rings is 1. The number of aromatic nitrogens is 1. The third kappa shape index (κ3) is 5.22. The molecule has 0 radical (unpaired) electrons. The molecule has 40 heavy (non-hydrogen) atoms. The van der Waals surface area contributed by atoms with Crippen LogP contribution in [-0.2, 0) is 10.9 Å². The van der Waals surface area contributed by atoms with Gasteiger partial charge in [0.25, 0.3) is 11.8 Å². The number of nitriles is 1. The van der Waals surface area contributed by atoms with E-state index in [4.69, 9.17) is 4.74 Å². The molecule has 3 aromatic rings. The molecule has 0 saturated carbocycles. The first-order valence-corrected chi connectivity index (χ1v) is 12.5. The minimum Gasteiger partial charge on any atom is -0.378 e. The summed E-state index contributed by atoms with van der Waals surface area (Å²) >= 11 is 0. The maximum Gasteiger partial charge on any atom is 0.418 e. The number of para-hydroxylation sites is 1. The number of alkyl halides is 3. The molecular formula is C27H23F4N5O4. The van der Waals surface area contributed by atoms with Gasteiger partial charge >= 0.3 is 6.18 Å². The fourth-order valence-corrected chi connectivity index (χ4v) is 5.13. The van der Waals surface area contributed by atoms with Crippen molar-refractivity contribution in [3.8, 4) is 6.07 Å². The van der Waals surface area contributed by atoms with E-state index in [1.54, 1.807) is 6.07 Å². The van der Waals surface area contributed by atoms with Gasteiger partial charge in [0.15, 0.2) is 0 Å². The molecule has 208 valence electrons. The van der Waals surface area contributed by atoms with Crippen LogP contribution in [0.2, 0.25) is 0 Å². The first-order valence-electron chi connectivity index (χ1n) is 12.5. The van der Waals surface area contributed by atoms with Crippen LogP contribution in [0.4, 0.5) is 23.2 Å². The molecule has 13 heteroatoms. The summed E-state index contributed by atoms with van der Waals surface area (Å²) in [6, 6.07) is 7.97. The van der Waals surface area contributed by atoms with Crippen molar-refractivity contribution in [2.45, 2.75) is 18.6 Å². The first-order chi connectivity index (χ1) is 19.1. The number of nitrogens with zero attached hydrogens (tertiary/aromatic N) is 3. The van der Waals surface area contributed by atoms with Crippen molar-refractivity contribution in [1.29, 1.82) is 5.26 Å². The third-order valence-corrected chi connectivity index (χ3v) is 6.98. The van der Waals surface area contributed by atoms with Crippen LogP contribution in [0.3, 0.4) is 0 Å². The third-order valence-electron chi connectivity index (χ3n) is 6.98. The van der Waals surface area contributed by atoms with E-state index < -0.39 is 41.0 Å². The van der Waals surface area contributed by atoms with Gasteiger partial charge in [-0.05, 0) is 24.6 Å². The number of morpholine rings is 1. The number of nitrogens with one attached hydrogen (secondary N) is 2. The van der Waals surface area contributed by atoms with Gasteiger partial charge in [-0.15, -0.1) is 0 Å². The highest BCUT2D eigenvalue weighted by Crippen LogP contribution is 2.41. The van der Waals surface area contributed by atoms with Gasteiger partial charge in [-0.25, -0.2) is 4.39 Å². The number of carbonyl (C=O) groups is 2. The van der Waals surface area contributed by atoms with E-state index in [9.17, 15) is 37.2 Å². The SMILES string of the molecule is N#Cc1cc(C(=O)N2CCOCC2)c(N2CC[C@@H](NC(=O)c3cc(=O)[nH]c4c(F)cccc34)C2)c(C(F)(F)F)c1. The van der Waals surface area contributed by atoms with Gasteiger partial charge in [0.1, 0.15) is 5.82 Å². The molecule has 2 aliphatic heterocycles. The van der Waals surface area contributed by atoms with Crippen LogP contribution < -0.4 is 15.8 Å². The summed E-state index contributed by atoms with van der Waals surface area (Å²) < 4.78 is 62.2. The van der Waals surface area contributed by atoms with Gasteiger partial charge < -0.3 is 24.8 Å². The molecule has 0 unspecified atom stereocenters. The molecular weight excluding hydrogens is 534 g/mol. The number of halogens is 4. The number of H-pyrrole nitrogens is 1. The topological polar surface area (TPSA) is 119 Å². The Bertz CT molecular complexity index is 1590. The predicted octanol–water partition coefficient (Wildman–Crippen LogP) is 3.04. The van der Waals surface area contributed by atoms with Crippen molar-refractivity contribution in [3.05, 3.63) is 74.8 Å². The first kappa shape index (κ1) is 27.1. The molecule has 1 aromatic heterocycles.